The third-order valence-electron chi connectivity index (χ3n) is 3.32. The van der Waals surface area contributed by atoms with Gasteiger partial charge in [-0.15, -0.1) is 0 Å². The van der Waals surface area contributed by atoms with E-state index in [-0.39, 0.29) is 5.82 Å². The number of ether oxygens (including phenoxy) is 1. The van der Waals surface area contributed by atoms with E-state index in [0.29, 0.717) is 11.1 Å². The maximum Gasteiger partial charge on any atom is 0.137 e. The van der Waals surface area contributed by atoms with Crippen molar-refractivity contribution in [1.82, 2.24) is 5.32 Å². The van der Waals surface area contributed by atoms with Gasteiger partial charge in [0.25, 0.3) is 0 Å². The van der Waals surface area contributed by atoms with E-state index in [1.807, 2.05) is 0 Å². The minimum atomic E-state index is -0.230. The molecule has 1 aromatic carbocycles. The predicted molar refractivity (Wildman–Crippen MR) is 74.0 cm³/mol. The third kappa shape index (κ3) is 4.34. The van der Waals surface area contributed by atoms with Crippen LogP contribution in [0.5, 0.6) is 0 Å². The van der Waals surface area contributed by atoms with Crippen LogP contribution in [-0.4, -0.2) is 19.7 Å². The molecule has 0 aliphatic carbocycles. The van der Waals surface area contributed by atoms with Crippen molar-refractivity contribution >= 4 is 15.9 Å². The van der Waals surface area contributed by atoms with Gasteiger partial charge in [-0.3, -0.25) is 0 Å². The van der Waals surface area contributed by atoms with Crippen LogP contribution in [0.2, 0.25) is 0 Å². The lowest BCUT2D eigenvalue weighted by molar-refractivity contribution is 0.103. The first kappa shape index (κ1) is 14.0. The molecule has 1 N–H and O–H groups in total. The highest BCUT2D eigenvalue weighted by Gasteiger charge is 2.12. The summed E-state index contributed by atoms with van der Waals surface area (Å²) in [6.07, 6.45) is 3.68. The maximum absolute atomic E-state index is 13.0. The first-order valence-corrected chi connectivity index (χ1v) is 7.27. The standard InChI is InChI=1S/C14H19BrFNO/c15-13-8-12(3-4-14(13)16)10-18-7-5-11-2-1-6-17-9-11/h3-4,8,11,17H,1-2,5-7,9-10H2. The number of benzene rings is 1. The summed E-state index contributed by atoms with van der Waals surface area (Å²) in [7, 11) is 0. The molecule has 1 aliphatic rings. The highest BCUT2D eigenvalue weighted by atomic mass is 79.9. The van der Waals surface area contributed by atoms with E-state index in [1.54, 1.807) is 12.1 Å². The van der Waals surface area contributed by atoms with Gasteiger partial charge in [0.05, 0.1) is 11.1 Å². The average Bonchev–Trinajstić information content (AvgIpc) is 2.40. The third-order valence-corrected chi connectivity index (χ3v) is 3.93. The summed E-state index contributed by atoms with van der Waals surface area (Å²) < 4.78 is 19.2. The van der Waals surface area contributed by atoms with Gasteiger partial charge in [-0.2, -0.15) is 0 Å². The molecule has 1 fully saturated rings. The second-order valence-corrected chi connectivity index (χ2v) is 5.66. The largest absolute Gasteiger partial charge is 0.377 e. The zero-order chi connectivity index (χ0) is 12.8. The van der Waals surface area contributed by atoms with Gasteiger partial charge < -0.3 is 10.1 Å². The van der Waals surface area contributed by atoms with Gasteiger partial charge in [0.2, 0.25) is 0 Å². The molecule has 1 heterocycles. The Morgan fingerprint density at radius 3 is 3.06 bits per heavy atom. The van der Waals surface area contributed by atoms with Crippen LogP contribution >= 0.6 is 15.9 Å². The molecule has 18 heavy (non-hydrogen) atoms. The lowest BCUT2D eigenvalue weighted by Gasteiger charge is -2.22. The Kier molecular flexibility index (Phi) is 5.60. The molecule has 0 aromatic heterocycles. The summed E-state index contributed by atoms with van der Waals surface area (Å²) in [4.78, 5) is 0. The van der Waals surface area contributed by atoms with Crippen LogP contribution in [0.15, 0.2) is 22.7 Å². The molecule has 1 atom stereocenters. The van der Waals surface area contributed by atoms with Crippen molar-refractivity contribution in [1.29, 1.82) is 0 Å². The molecule has 1 aromatic rings. The van der Waals surface area contributed by atoms with E-state index in [9.17, 15) is 4.39 Å². The molecule has 2 nitrogen and oxygen atoms in total. The van der Waals surface area contributed by atoms with Gasteiger partial charge >= 0.3 is 0 Å². The van der Waals surface area contributed by atoms with Gasteiger partial charge in [-0.25, -0.2) is 4.39 Å². The normalized spacial score (nSPS) is 20.0. The van der Waals surface area contributed by atoms with Gasteiger partial charge in [-0.05, 0) is 71.9 Å². The lowest BCUT2D eigenvalue weighted by atomic mass is 9.97. The van der Waals surface area contributed by atoms with Crippen LogP contribution in [-0.2, 0) is 11.3 Å². The molecule has 0 amide bonds. The van der Waals surface area contributed by atoms with Crippen LogP contribution in [0.25, 0.3) is 0 Å². The van der Waals surface area contributed by atoms with Crippen LogP contribution in [0.3, 0.4) is 0 Å². The predicted octanol–water partition coefficient (Wildman–Crippen LogP) is 3.49. The number of piperidine rings is 1. The van der Waals surface area contributed by atoms with Gasteiger partial charge in [0, 0.05) is 6.61 Å². The molecular formula is C14H19BrFNO. The van der Waals surface area contributed by atoms with Crippen LogP contribution in [0.4, 0.5) is 4.39 Å². The number of hydrogen-bond donors (Lipinski definition) is 1. The molecule has 0 radical (unpaired) electrons. The Morgan fingerprint density at radius 1 is 1.44 bits per heavy atom. The first-order valence-electron chi connectivity index (χ1n) is 6.48. The molecular weight excluding hydrogens is 297 g/mol. The number of halogens is 2. The zero-order valence-electron chi connectivity index (χ0n) is 10.4. The smallest absolute Gasteiger partial charge is 0.137 e. The van der Waals surface area contributed by atoms with E-state index >= 15 is 0 Å². The Balaban J connectivity index is 1.66. The quantitative estimate of drug-likeness (QED) is 0.840. The first-order chi connectivity index (χ1) is 8.75. The maximum atomic E-state index is 13.0. The Hall–Kier alpha value is -0.450. The molecule has 4 heteroatoms. The SMILES string of the molecule is Fc1ccc(COCCC2CCCNC2)cc1Br. The lowest BCUT2D eigenvalue weighted by Crippen LogP contribution is -2.30. The second-order valence-electron chi connectivity index (χ2n) is 4.80. The van der Waals surface area contributed by atoms with Crippen molar-refractivity contribution in [3.05, 3.63) is 34.1 Å². The van der Waals surface area contributed by atoms with E-state index < -0.39 is 0 Å². The second kappa shape index (κ2) is 7.22. The van der Waals surface area contributed by atoms with Crippen LogP contribution in [0.1, 0.15) is 24.8 Å². The average molecular weight is 316 g/mol. The topological polar surface area (TPSA) is 21.3 Å². The van der Waals surface area contributed by atoms with Crippen molar-refractivity contribution in [2.24, 2.45) is 5.92 Å². The van der Waals surface area contributed by atoms with E-state index in [4.69, 9.17) is 4.74 Å². The summed E-state index contributed by atoms with van der Waals surface area (Å²) in [6, 6.07) is 5.01. The molecule has 0 bridgehead atoms. The highest BCUT2D eigenvalue weighted by Crippen LogP contribution is 2.18. The Labute approximate surface area is 116 Å². The van der Waals surface area contributed by atoms with Crippen molar-refractivity contribution in [2.75, 3.05) is 19.7 Å². The van der Waals surface area contributed by atoms with Crippen molar-refractivity contribution in [2.45, 2.75) is 25.9 Å². The van der Waals surface area contributed by atoms with Crippen LogP contribution in [0, 0.1) is 11.7 Å². The van der Waals surface area contributed by atoms with E-state index in [2.05, 4.69) is 21.2 Å². The van der Waals surface area contributed by atoms with E-state index in [0.717, 1.165) is 37.6 Å². The molecule has 1 saturated heterocycles. The van der Waals surface area contributed by atoms with Crippen molar-refractivity contribution in [3.63, 3.8) is 0 Å². The van der Waals surface area contributed by atoms with Gasteiger partial charge in [0.1, 0.15) is 5.82 Å². The minimum Gasteiger partial charge on any atom is -0.377 e. The summed E-state index contributed by atoms with van der Waals surface area (Å²) in [5, 5.41) is 3.40. The number of hydrogen-bond acceptors (Lipinski definition) is 2. The molecule has 0 saturated carbocycles. The fourth-order valence-electron chi connectivity index (χ4n) is 2.24. The number of rotatable bonds is 5. The molecule has 2 rings (SSSR count). The van der Waals surface area contributed by atoms with Crippen LogP contribution < -0.4 is 5.32 Å². The summed E-state index contributed by atoms with van der Waals surface area (Å²) in [5.41, 5.74) is 1.00. The van der Waals surface area contributed by atoms with Gasteiger partial charge in [0.15, 0.2) is 0 Å². The Bertz CT molecular complexity index is 380. The fraction of sp³-hybridized carbons (Fsp3) is 0.571. The molecule has 0 spiro atoms. The summed E-state index contributed by atoms with van der Waals surface area (Å²) in [6.45, 7) is 3.60. The Morgan fingerprint density at radius 2 is 2.33 bits per heavy atom. The molecule has 1 unspecified atom stereocenters. The highest BCUT2D eigenvalue weighted by molar-refractivity contribution is 9.10. The number of nitrogens with one attached hydrogen (secondary N) is 1. The zero-order valence-corrected chi connectivity index (χ0v) is 12.0. The van der Waals surface area contributed by atoms with Crippen molar-refractivity contribution in [3.8, 4) is 0 Å². The minimum absolute atomic E-state index is 0.230. The van der Waals surface area contributed by atoms with E-state index in [1.165, 1.54) is 18.9 Å². The monoisotopic (exact) mass is 315 g/mol. The van der Waals surface area contributed by atoms with Crippen molar-refractivity contribution < 1.29 is 9.13 Å². The summed E-state index contributed by atoms with van der Waals surface area (Å²) in [5.74, 6) is 0.519. The van der Waals surface area contributed by atoms with Gasteiger partial charge in [-0.1, -0.05) is 6.07 Å². The summed E-state index contributed by atoms with van der Waals surface area (Å²) >= 11 is 3.18. The molecule has 100 valence electrons. The fourth-order valence-corrected chi connectivity index (χ4v) is 2.67. The molecule has 1 aliphatic heterocycles.